The lowest BCUT2D eigenvalue weighted by atomic mass is 9.92. The highest BCUT2D eigenvalue weighted by molar-refractivity contribution is 6.07. The van der Waals surface area contributed by atoms with Gasteiger partial charge in [-0.1, -0.05) is 0 Å². The average Bonchev–Trinajstić information content (AvgIpc) is 2.63. The van der Waals surface area contributed by atoms with E-state index in [0.29, 0.717) is 30.4 Å². The highest BCUT2D eigenvalue weighted by Gasteiger charge is 2.36. The van der Waals surface area contributed by atoms with E-state index in [-0.39, 0.29) is 0 Å². The van der Waals surface area contributed by atoms with Gasteiger partial charge in [-0.05, 0) is 26.0 Å². The molecule has 1 aromatic carbocycles. The number of aliphatic carboxylic acids is 1. The normalized spacial score (nSPS) is 14.3. The van der Waals surface area contributed by atoms with Gasteiger partial charge in [0, 0.05) is 18.2 Å². The van der Waals surface area contributed by atoms with E-state index in [1.165, 1.54) is 13.8 Å². The molecule has 0 spiro atoms. The molecule has 6 heteroatoms. The molecule has 2 rings (SSSR count). The highest BCUT2D eigenvalue weighted by atomic mass is 16.5. The van der Waals surface area contributed by atoms with Gasteiger partial charge in [-0.2, -0.15) is 0 Å². The second kappa shape index (κ2) is 5.40. The summed E-state index contributed by atoms with van der Waals surface area (Å²) in [6, 6.07) is 4.99. The number of carbonyl (C=O) groups excluding carboxylic acids is 1. The van der Waals surface area contributed by atoms with Gasteiger partial charge < -0.3 is 19.9 Å². The highest BCUT2D eigenvalue weighted by Crippen LogP contribution is 2.32. The molecule has 0 atom stereocenters. The number of rotatable bonds is 3. The van der Waals surface area contributed by atoms with Gasteiger partial charge in [0.1, 0.15) is 5.41 Å². The minimum absolute atomic E-state index is 0.480. The third-order valence-electron chi connectivity index (χ3n) is 3.11. The van der Waals surface area contributed by atoms with Crippen molar-refractivity contribution in [3.8, 4) is 11.5 Å². The van der Waals surface area contributed by atoms with Gasteiger partial charge >= 0.3 is 5.97 Å². The fraction of sp³-hybridized carbons (Fsp3) is 0.429. The Morgan fingerprint density at radius 2 is 1.85 bits per heavy atom. The van der Waals surface area contributed by atoms with Crippen molar-refractivity contribution in [3.63, 3.8) is 0 Å². The number of anilines is 1. The number of carbonyl (C=O) groups is 2. The van der Waals surface area contributed by atoms with Crippen LogP contribution in [-0.4, -0.2) is 30.2 Å². The summed E-state index contributed by atoms with van der Waals surface area (Å²) in [4.78, 5) is 23.0. The molecule has 0 fully saturated rings. The Balaban J connectivity index is 2.17. The smallest absolute Gasteiger partial charge is 0.318 e. The molecule has 1 aromatic rings. The van der Waals surface area contributed by atoms with Crippen LogP contribution in [0.1, 0.15) is 20.3 Å². The topological polar surface area (TPSA) is 84.9 Å². The van der Waals surface area contributed by atoms with Crippen LogP contribution in [0.2, 0.25) is 0 Å². The first-order chi connectivity index (χ1) is 9.41. The lowest BCUT2D eigenvalue weighted by Gasteiger charge is -2.19. The van der Waals surface area contributed by atoms with E-state index < -0.39 is 17.3 Å². The first-order valence-corrected chi connectivity index (χ1v) is 6.36. The van der Waals surface area contributed by atoms with Crippen LogP contribution in [0.15, 0.2) is 18.2 Å². The zero-order valence-electron chi connectivity index (χ0n) is 11.4. The Bertz CT molecular complexity index is 538. The number of ether oxygens (including phenoxy) is 2. The number of carboxylic acids is 1. The van der Waals surface area contributed by atoms with Crippen molar-refractivity contribution in [2.24, 2.45) is 5.41 Å². The summed E-state index contributed by atoms with van der Waals surface area (Å²) >= 11 is 0. The monoisotopic (exact) mass is 279 g/mol. The number of nitrogens with one attached hydrogen (secondary N) is 1. The van der Waals surface area contributed by atoms with Gasteiger partial charge in [0.15, 0.2) is 11.5 Å². The first kappa shape index (κ1) is 14.2. The number of hydrogen-bond acceptors (Lipinski definition) is 4. The summed E-state index contributed by atoms with van der Waals surface area (Å²) in [5, 5.41) is 11.6. The maximum absolute atomic E-state index is 11.9. The number of hydrogen-bond donors (Lipinski definition) is 2. The molecule has 0 aromatic heterocycles. The molecule has 1 aliphatic heterocycles. The van der Waals surface area contributed by atoms with E-state index in [2.05, 4.69) is 5.32 Å². The number of fused-ring (bicyclic) bond motifs is 1. The third-order valence-corrected chi connectivity index (χ3v) is 3.11. The van der Waals surface area contributed by atoms with Crippen molar-refractivity contribution in [2.75, 3.05) is 18.5 Å². The lowest BCUT2D eigenvalue weighted by Crippen LogP contribution is -2.37. The Hall–Kier alpha value is -2.24. The Labute approximate surface area is 116 Å². The van der Waals surface area contributed by atoms with Crippen LogP contribution < -0.4 is 14.8 Å². The van der Waals surface area contributed by atoms with E-state index in [1.807, 2.05) is 0 Å². The maximum Gasteiger partial charge on any atom is 0.318 e. The van der Waals surface area contributed by atoms with Gasteiger partial charge in [0.2, 0.25) is 5.91 Å². The van der Waals surface area contributed by atoms with Crippen LogP contribution >= 0.6 is 0 Å². The SMILES string of the molecule is CC(C)(C(=O)O)C(=O)Nc1ccc2c(c1)OCCCO2. The van der Waals surface area contributed by atoms with Crippen molar-refractivity contribution in [1.29, 1.82) is 0 Å². The predicted octanol–water partition coefficient (Wildman–Crippen LogP) is 1.90. The second-order valence-corrected chi connectivity index (χ2v) is 5.10. The zero-order chi connectivity index (χ0) is 14.8. The zero-order valence-corrected chi connectivity index (χ0v) is 11.4. The fourth-order valence-electron chi connectivity index (χ4n) is 1.63. The van der Waals surface area contributed by atoms with Crippen LogP contribution in [0.3, 0.4) is 0 Å². The predicted molar refractivity (Wildman–Crippen MR) is 72.1 cm³/mol. The minimum atomic E-state index is -1.50. The van der Waals surface area contributed by atoms with E-state index in [1.54, 1.807) is 18.2 Å². The average molecular weight is 279 g/mol. The van der Waals surface area contributed by atoms with Crippen LogP contribution in [0.25, 0.3) is 0 Å². The molecule has 0 aliphatic carbocycles. The van der Waals surface area contributed by atoms with Crippen molar-refractivity contribution in [3.05, 3.63) is 18.2 Å². The summed E-state index contributed by atoms with van der Waals surface area (Å²) in [6.07, 6.45) is 0.794. The molecule has 108 valence electrons. The van der Waals surface area contributed by atoms with E-state index in [4.69, 9.17) is 14.6 Å². The Morgan fingerprint density at radius 3 is 2.50 bits per heavy atom. The molecule has 0 saturated carbocycles. The van der Waals surface area contributed by atoms with Crippen molar-refractivity contribution < 1.29 is 24.2 Å². The number of carboxylic acid groups (broad SMARTS) is 1. The van der Waals surface area contributed by atoms with Crippen molar-refractivity contribution in [1.82, 2.24) is 0 Å². The lowest BCUT2D eigenvalue weighted by molar-refractivity contribution is -0.151. The summed E-state index contributed by atoms with van der Waals surface area (Å²) in [5.74, 6) is -0.588. The van der Waals surface area contributed by atoms with Gasteiger partial charge in [-0.15, -0.1) is 0 Å². The molecule has 1 amide bonds. The second-order valence-electron chi connectivity index (χ2n) is 5.10. The van der Waals surface area contributed by atoms with Crippen molar-refractivity contribution in [2.45, 2.75) is 20.3 Å². The number of amides is 1. The Kier molecular flexibility index (Phi) is 3.83. The molecule has 2 N–H and O–H groups in total. The Morgan fingerprint density at radius 1 is 1.20 bits per heavy atom. The van der Waals surface area contributed by atoms with Crippen LogP contribution in [0.4, 0.5) is 5.69 Å². The molecular formula is C14H17NO5. The fourth-order valence-corrected chi connectivity index (χ4v) is 1.63. The summed E-state index contributed by atoms with van der Waals surface area (Å²) in [6.45, 7) is 3.84. The van der Waals surface area contributed by atoms with Crippen LogP contribution in [0.5, 0.6) is 11.5 Å². The molecule has 1 heterocycles. The van der Waals surface area contributed by atoms with Crippen molar-refractivity contribution >= 4 is 17.6 Å². The standard InChI is InChI=1S/C14H17NO5/c1-14(2,13(17)18)12(16)15-9-4-5-10-11(8-9)20-7-3-6-19-10/h4-5,8H,3,6-7H2,1-2H3,(H,15,16)(H,17,18). The van der Waals surface area contributed by atoms with E-state index in [0.717, 1.165) is 6.42 Å². The molecule has 0 bridgehead atoms. The summed E-state index contributed by atoms with van der Waals surface area (Å²) < 4.78 is 11.0. The van der Waals surface area contributed by atoms with Crippen LogP contribution in [0, 0.1) is 5.41 Å². The third kappa shape index (κ3) is 2.84. The summed E-state index contributed by atoms with van der Waals surface area (Å²) in [5.41, 5.74) is -1.02. The quantitative estimate of drug-likeness (QED) is 0.825. The summed E-state index contributed by atoms with van der Waals surface area (Å²) in [7, 11) is 0. The van der Waals surface area contributed by atoms with E-state index >= 15 is 0 Å². The minimum Gasteiger partial charge on any atom is -0.490 e. The molecule has 0 saturated heterocycles. The van der Waals surface area contributed by atoms with Gasteiger partial charge in [0.25, 0.3) is 0 Å². The molecule has 0 radical (unpaired) electrons. The maximum atomic E-state index is 11.9. The van der Waals surface area contributed by atoms with E-state index in [9.17, 15) is 9.59 Å². The molecule has 1 aliphatic rings. The molecule has 0 unspecified atom stereocenters. The van der Waals surface area contributed by atoms with Crippen LogP contribution in [-0.2, 0) is 9.59 Å². The largest absolute Gasteiger partial charge is 0.490 e. The molecule has 6 nitrogen and oxygen atoms in total. The number of benzene rings is 1. The van der Waals surface area contributed by atoms with Gasteiger partial charge in [-0.25, -0.2) is 0 Å². The first-order valence-electron chi connectivity index (χ1n) is 6.36. The van der Waals surface area contributed by atoms with Gasteiger partial charge in [-0.3, -0.25) is 9.59 Å². The molecule has 20 heavy (non-hydrogen) atoms. The van der Waals surface area contributed by atoms with Gasteiger partial charge in [0.05, 0.1) is 13.2 Å². The molecular weight excluding hydrogens is 262 g/mol.